The molecule has 1 rings (SSSR count). The average molecular weight is 349 g/mol. The second-order valence-electron chi connectivity index (χ2n) is 3.64. The van der Waals surface area contributed by atoms with E-state index in [0.717, 1.165) is 6.07 Å². The number of aliphatic hydroxyl groups is 1. The van der Waals surface area contributed by atoms with Crippen LogP contribution in [0.4, 0.5) is 22.0 Å². The number of benzene rings is 1. The van der Waals surface area contributed by atoms with Gasteiger partial charge in [0.15, 0.2) is 6.10 Å². The average Bonchev–Trinajstić information content (AvgIpc) is 2.27. The van der Waals surface area contributed by atoms with Crippen molar-refractivity contribution in [1.29, 1.82) is 0 Å². The number of hydrogen-bond donors (Lipinski definition) is 1. The number of aliphatic hydroxyl groups excluding tert-OH is 1. The zero-order valence-electron chi connectivity index (χ0n) is 9.64. The highest BCUT2D eigenvalue weighted by Gasteiger charge is 2.62. The van der Waals surface area contributed by atoms with Crippen LogP contribution in [-0.4, -0.2) is 23.8 Å². The smallest absolute Gasteiger partial charge is 0.456 e. The van der Waals surface area contributed by atoms with Crippen LogP contribution < -0.4 is 4.74 Å². The van der Waals surface area contributed by atoms with Crippen LogP contribution in [0.15, 0.2) is 22.7 Å². The van der Waals surface area contributed by atoms with Gasteiger partial charge in [0.05, 0.1) is 6.61 Å². The molecule has 0 aliphatic heterocycles. The molecule has 108 valence electrons. The number of hydrogen-bond acceptors (Lipinski definition) is 2. The molecule has 0 aliphatic carbocycles. The van der Waals surface area contributed by atoms with Crippen LogP contribution in [-0.2, 0) is 0 Å². The molecule has 0 spiro atoms. The number of alkyl halides is 5. The molecule has 0 heterocycles. The summed E-state index contributed by atoms with van der Waals surface area (Å²) in [7, 11) is 0. The maximum absolute atomic E-state index is 13.0. The molecular formula is C11H10BrF5O2. The first kappa shape index (κ1) is 16.2. The second-order valence-corrected chi connectivity index (χ2v) is 4.49. The van der Waals surface area contributed by atoms with Gasteiger partial charge in [-0.2, -0.15) is 22.0 Å². The fourth-order valence-corrected chi connectivity index (χ4v) is 1.91. The normalized spacial score (nSPS) is 14.3. The van der Waals surface area contributed by atoms with E-state index in [9.17, 15) is 27.1 Å². The fourth-order valence-electron chi connectivity index (χ4n) is 1.34. The number of rotatable bonds is 4. The zero-order valence-corrected chi connectivity index (χ0v) is 11.2. The third-order valence-electron chi connectivity index (χ3n) is 2.30. The maximum Gasteiger partial charge on any atom is 0.456 e. The van der Waals surface area contributed by atoms with E-state index in [1.807, 2.05) is 0 Å². The van der Waals surface area contributed by atoms with Gasteiger partial charge in [-0.05, 0) is 19.1 Å². The van der Waals surface area contributed by atoms with Gasteiger partial charge < -0.3 is 9.84 Å². The van der Waals surface area contributed by atoms with Crippen molar-refractivity contribution in [3.05, 3.63) is 28.2 Å². The third-order valence-corrected chi connectivity index (χ3v) is 2.99. The molecule has 19 heavy (non-hydrogen) atoms. The Morgan fingerprint density at radius 3 is 2.26 bits per heavy atom. The summed E-state index contributed by atoms with van der Waals surface area (Å²) >= 11 is 2.84. The zero-order chi connectivity index (χ0) is 14.8. The van der Waals surface area contributed by atoms with Gasteiger partial charge in [0.1, 0.15) is 5.75 Å². The lowest BCUT2D eigenvalue weighted by atomic mass is 10.0. The Hall–Kier alpha value is -0.890. The number of ether oxygens (including phenoxy) is 1. The number of halogens is 6. The van der Waals surface area contributed by atoms with E-state index < -0.39 is 23.8 Å². The first-order valence-corrected chi connectivity index (χ1v) is 5.95. The molecule has 2 nitrogen and oxygen atoms in total. The fraction of sp³-hybridized carbons (Fsp3) is 0.455. The van der Waals surface area contributed by atoms with E-state index in [1.54, 1.807) is 6.92 Å². The van der Waals surface area contributed by atoms with Gasteiger partial charge in [-0.25, -0.2) is 0 Å². The Morgan fingerprint density at radius 1 is 1.26 bits per heavy atom. The largest absolute Gasteiger partial charge is 0.494 e. The Kier molecular flexibility index (Phi) is 4.78. The Balaban J connectivity index is 3.10. The van der Waals surface area contributed by atoms with Crippen molar-refractivity contribution in [3.8, 4) is 5.75 Å². The summed E-state index contributed by atoms with van der Waals surface area (Å²) in [6, 6.07) is 3.38. The van der Waals surface area contributed by atoms with Gasteiger partial charge in [0, 0.05) is 10.0 Å². The highest BCUT2D eigenvalue weighted by molar-refractivity contribution is 9.10. The van der Waals surface area contributed by atoms with Crippen molar-refractivity contribution in [3.63, 3.8) is 0 Å². The van der Waals surface area contributed by atoms with Crippen molar-refractivity contribution in [1.82, 2.24) is 0 Å². The van der Waals surface area contributed by atoms with Crippen molar-refractivity contribution in [2.45, 2.75) is 25.1 Å². The molecule has 1 atom stereocenters. The van der Waals surface area contributed by atoms with E-state index in [-0.39, 0.29) is 4.47 Å². The van der Waals surface area contributed by atoms with Crippen molar-refractivity contribution in [2.75, 3.05) is 6.61 Å². The monoisotopic (exact) mass is 348 g/mol. The van der Waals surface area contributed by atoms with E-state index >= 15 is 0 Å². The van der Waals surface area contributed by atoms with Crippen LogP contribution in [0.3, 0.4) is 0 Å². The van der Waals surface area contributed by atoms with E-state index in [0.29, 0.717) is 12.4 Å². The third kappa shape index (κ3) is 3.36. The van der Waals surface area contributed by atoms with E-state index in [4.69, 9.17) is 4.74 Å². The highest BCUT2D eigenvalue weighted by atomic mass is 79.9. The van der Waals surface area contributed by atoms with Crippen LogP contribution in [0.1, 0.15) is 18.6 Å². The summed E-state index contributed by atoms with van der Waals surface area (Å²) in [6.45, 7) is 2.00. The lowest BCUT2D eigenvalue weighted by Gasteiger charge is -2.25. The molecule has 0 bridgehead atoms. The van der Waals surface area contributed by atoms with Crippen LogP contribution in [0.25, 0.3) is 0 Å². The highest BCUT2D eigenvalue weighted by Crippen LogP contribution is 2.46. The predicted octanol–water partition coefficient (Wildman–Crippen LogP) is 4.08. The van der Waals surface area contributed by atoms with Gasteiger partial charge in [-0.3, -0.25) is 0 Å². The summed E-state index contributed by atoms with van der Waals surface area (Å²) < 4.78 is 67.4. The Bertz CT molecular complexity index is 447. The van der Waals surface area contributed by atoms with Crippen LogP contribution >= 0.6 is 15.9 Å². The topological polar surface area (TPSA) is 29.5 Å². The molecule has 8 heteroatoms. The molecule has 1 unspecified atom stereocenters. The summed E-state index contributed by atoms with van der Waals surface area (Å²) in [5.74, 6) is -4.94. The van der Waals surface area contributed by atoms with Gasteiger partial charge in [-0.1, -0.05) is 22.0 Å². The van der Waals surface area contributed by atoms with Crippen LogP contribution in [0, 0.1) is 0 Å². The molecule has 0 fully saturated rings. The minimum absolute atomic E-state index is 0.0881. The first-order valence-electron chi connectivity index (χ1n) is 5.16. The van der Waals surface area contributed by atoms with Crippen LogP contribution in [0.2, 0.25) is 0 Å². The molecule has 0 saturated carbocycles. The molecule has 1 aromatic rings. The molecule has 0 saturated heterocycles. The molecule has 1 N–H and O–H groups in total. The standard InChI is InChI=1S/C11H10BrF5O2/c1-2-19-6-3-4-7(8(12)5-6)9(18)10(13,14)11(15,16)17/h3-5,9,18H,2H2,1H3. The SMILES string of the molecule is CCOc1ccc(C(O)C(F)(F)C(F)(F)F)c(Br)c1. The molecule has 0 radical (unpaired) electrons. The molecule has 1 aromatic carbocycles. The van der Waals surface area contributed by atoms with Crippen LogP contribution in [0.5, 0.6) is 5.75 Å². The Morgan fingerprint density at radius 2 is 1.84 bits per heavy atom. The molecule has 0 aromatic heterocycles. The van der Waals surface area contributed by atoms with Gasteiger partial charge in [0.2, 0.25) is 0 Å². The molecule has 0 amide bonds. The minimum atomic E-state index is -5.83. The van der Waals surface area contributed by atoms with E-state index in [2.05, 4.69) is 15.9 Å². The second kappa shape index (κ2) is 5.62. The van der Waals surface area contributed by atoms with Crippen molar-refractivity contribution in [2.24, 2.45) is 0 Å². The maximum atomic E-state index is 13.0. The molecular weight excluding hydrogens is 339 g/mol. The predicted molar refractivity (Wildman–Crippen MR) is 61.3 cm³/mol. The lowest BCUT2D eigenvalue weighted by molar-refractivity contribution is -0.315. The van der Waals surface area contributed by atoms with Crippen molar-refractivity contribution < 1.29 is 31.8 Å². The summed E-state index contributed by atoms with van der Waals surface area (Å²) in [5, 5.41) is 9.24. The summed E-state index contributed by atoms with van der Waals surface area (Å²) in [6.07, 6.45) is -8.82. The lowest BCUT2D eigenvalue weighted by Crippen LogP contribution is -2.42. The quantitative estimate of drug-likeness (QED) is 0.831. The van der Waals surface area contributed by atoms with Gasteiger partial charge >= 0.3 is 12.1 Å². The van der Waals surface area contributed by atoms with E-state index in [1.165, 1.54) is 12.1 Å². The van der Waals surface area contributed by atoms with Gasteiger partial charge in [-0.15, -0.1) is 0 Å². The first-order chi connectivity index (χ1) is 8.61. The van der Waals surface area contributed by atoms with Crippen molar-refractivity contribution >= 4 is 15.9 Å². The molecule has 0 aliphatic rings. The summed E-state index contributed by atoms with van der Waals surface area (Å²) in [5.41, 5.74) is -0.564. The minimum Gasteiger partial charge on any atom is -0.494 e. The summed E-state index contributed by atoms with van der Waals surface area (Å²) in [4.78, 5) is 0. The van der Waals surface area contributed by atoms with Gasteiger partial charge in [0.25, 0.3) is 0 Å². The Labute approximate surface area is 114 Å².